The van der Waals surface area contributed by atoms with Crippen molar-refractivity contribution in [2.75, 3.05) is 0 Å². The van der Waals surface area contributed by atoms with E-state index < -0.39 is 10.0 Å². The molecule has 0 saturated heterocycles. The molecule has 0 saturated carbocycles. The summed E-state index contributed by atoms with van der Waals surface area (Å²) in [6.45, 7) is 2.09. The predicted molar refractivity (Wildman–Crippen MR) is 114 cm³/mol. The van der Waals surface area contributed by atoms with Crippen molar-refractivity contribution >= 4 is 20.8 Å². The summed E-state index contributed by atoms with van der Waals surface area (Å²) in [4.78, 5) is 13.0. The van der Waals surface area contributed by atoms with Crippen molar-refractivity contribution in [3.05, 3.63) is 88.7 Å². The van der Waals surface area contributed by atoms with Crippen molar-refractivity contribution in [1.82, 2.24) is 9.78 Å². The van der Waals surface area contributed by atoms with Crippen LogP contribution in [0.3, 0.4) is 0 Å². The molecule has 0 aliphatic heterocycles. The molecule has 4 aromatic rings. The van der Waals surface area contributed by atoms with Crippen LogP contribution in [0, 0.1) is 0 Å². The van der Waals surface area contributed by atoms with Crippen molar-refractivity contribution in [1.29, 1.82) is 0 Å². The molecule has 7 heteroatoms. The summed E-state index contributed by atoms with van der Waals surface area (Å²) < 4.78 is 24.3. The van der Waals surface area contributed by atoms with Crippen LogP contribution < -0.4 is 10.7 Å². The van der Waals surface area contributed by atoms with E-state index in [9.17, 15) is 13.2 Å². The maximum atomic E-state index is 13.1. The molecule has 29 heavy (non-hydrogen) atoms. The minimum Gasteiger partial charge on any atom is -0.267 e. The molecule has 1 aromatic heterocycles. The highest BCUT2D eigenvalue weighted by Gasteiger charge is 2.14. The van der Waals surface area contributed by atoms with Crippen molar-refractivity contribution in [3.8, 4) is 16.9 Å². The van der Waals surface area contributed by atoms with Gasteiger partial charge >= 0.3 is 0 Å². The molecule has 0 unspecified atom stereocenters. The Kier molecular flexibility index (Phi) is 4.77. The van der Waals surface area contributed by atoms with Gasteiger partial charge in [0.05, 0.1) is 21.7 Å². The molecule has 0 amide bonds. The number of aromatic nitrogens is 2. The first kappa shape index (κ1) is 19.0. The quantitative estimate of drug-likeness (QED) is 0.564. The molecule has 0 aliphatic carbocycles. The zero-order valence-corrected chi connectivity index (χ0v) is 16.6. The molecule has 4 rings (SSSR count). The molecule has 0 bridgehead atoms. The van der Waals surface area contributed by atoms with Gasteiger partial charge in [0.2, 0.25) is 10.0 Å². The lowest BCUT2D eigenvalue weighted by Crippen LogP contribution is -2.22. The summed E-state index contributed by atoms with van der Waals surface area (Å²) in [5.41, 5.74) is 2.97. The van der Waals surface area contributed by atoms with E-state index in [2.05, 4.69) is 12.0 Å². The molecule has 0 atom stereocenters. The van der Waals surface area contributed by atoms with Crippen molar-refractivity contribution in [2.24, 2.45) is 5.14 Å². The van der Waals surface area contributed by atoms with E-state index in [1.165, 1.54) is 34.5 Å². The van der Waals surface area contributed by atoms with Crippen LogP contribution >= 0.6 is 0 Å². The van der Waals surface area contributed by atoms with Crippen LogP contribution in [0.4, 0.5) is 0 Å². The molecule has 0 fully saturated rings. The first-order valence-electron chi connectivity index (χ1n) is 9.13. The second-order valence-electron chi connectivity index (χ2n) is 6.70. The number of nitrogens with zero attached hydrogens (tertiary/aromatic N) is 2. The van der Waals surface area contributed by atoms with E-state index in [-0.39, 0.29) is 10.5 Å². The van der Waals surface area contributed by atoms with E-state index >= 15 is 0 Å². The number of hydrogen-bond donors (Lipinski definition) is 1. The number of rotatable bonds is 4. The smallest absolute Gasteiger partial charge is 0.267 e. The fourth-order valence-corrected chi connectivity index (χ4v) is 3.77. The van der Waals surface area contributed by atoms with Gasteiger partial charge in [-0.05, 0) is 42.3 Å². The zero-order chi connectivity index (χ0) is 20.6. The first-order chi connectivity index (χ1) is 13.9. The normalized spacial score (nSPS) is 11.7. The van der Waals surface area contributed by atoms with Gasteiger partial charge in [-0.3, -0.25) is 4.79 Å². The van der Waals surface area contributed by atoms with E-state index in [1.807, 2.05) is 42.5 Å². The third-order valence-electron chi connectivity index (χ3n) is 4.85. The lowest BCUT2D eigenvalue weighted by atomic mass is 10.0. The zero-order valence-electron chi connectivity index (χ0n) is 15.7. The SMILES string of the molecule is CCc1ccc(-c2nn(-c3ccc(S(N)(=O)=O)cc3)c(=O)c3ccccc23)cc1. The largest absolute Gasteiger partial charge is 0.279 e. The summed E-state index contributed by atoms with van der Waals surface area (Å²) in [5, 5.41) is 11.1. The topological polar surface area (TPSA) is 95.1 Å². The van der Waals surface area contributed by atoms with Crippen LogP contribution in [0.25, 0.3) is 27.7 Å². The van der Waals surface area contributed by atoms with E-state index in [0.29, 0.717) is 16.8 Å². The van der Waals surface area contributed by atoms with Gasteiger partial charge in [-0.25, -0.2) is 13.6 Å². The predicted octanol–water partition coefficient (Wildman–Crippen LogP) is 3.26. The van der Waals surface area contributed by atoms with Crippen LogP contribution in [-0.2, 0) is 16.4 Å². The maximum absolute atomic E-state index is 13.1. The van der Waals surface area contributed by atoms with Gasteiger partial charge in [-0.2, -0.15) is 9.78 Å². The molecule has 3 aromatic carbocycles. The van der Waals surface area contributed by atoms with Gasteiger partial charge in [-0.1, -0.05) is 49.4 Å². The number of sulfonamides is 1. The van der Waals surface area contributed by atoms with Gasteiger partial charge in [0.15, 0.2) is 0 Å². The highest BCUT2D eigenvalue weighted by atomic mass is 32.2. The van der Waals surface area contributed by atoms with Crippen LogP contribution in [0.5, 0.6) is 0 Å². The van der Waals surface area contributed by atoms with Gasteiger partial charge < -0.3 is 0 Å². The Morgan fingerprint density at radius 2 is 1.52 bits per heavy atom. The molecular weight excluding hydrogens is 386 g/mol. The summed E-state index contributed by atoms with van der Waals surface area (Å²) in [6, 6.07) is 21.2. The second kappa shape index (κ2) is 7.27. The average Bonchev–Trinajstić information content (AvgIpc) is 2.74. The third-order valence-corrected chi connectivity index (χ3v) is 5.78. The van der Waals surface area contributed by atoms with Crippen molar-refractivity contribution in [2.45, 2.75) is 18.2 Å². The monoisotopic (exact) mass is 405 g/mol. The standard InChI is InChI=1S/C22H19N3O3S/c1-2-15-7-9-16(10-8-15)21-19-5-3-4-6-20(19)22(26)25(24-21)17-11-13-18(14-12-17)29(23,27)28/h3-14H,2H2,1H3,(H2,23,27,28). The Hall–Kier alpha value is -3.29. The molecule has 2 N–H and O–H groups in total. The molecule has 146 valence electrons. The second-order valence-corrected chi connectivity index (χ2v) is 8.26. The lowest BCUT2D eigenvalue weighted by Gasteiger charge is -2.12. The summed E-state index contributed by atoms with van der Waals surface area (Å²) in [6.07, 6.45) is 0.935. The number of fused-ring (bicyclic) bond motifs is 1. The molecule has 0 spiro atoms. The number of nitrogens with two attached hydrogens (primary N) is 1. The fourth-order valence-electron chi connectivity index (χ4n) is 3.25. The van der Waals surface area contributed by atoms with E-state index in [1.54, 1.807) is 6.07 Å². The minimum absolute atomic E-state index is 0.0227. The Balaban J connectivity index is 1.95. The first-order valence-corrected chi connectivity index (χ1v) is 10.7. The number of hydrogen-bond acceptors (Lipinski definition) is 4. The summed E-state index contributed by atoms with van der Waals surface area (Å²) in [7, 11) is -3.81. The minimum atomic E-state index is -3.81. The van der Waals surface area contributed by atoms with E-state index in [0.717, 1.165) is 17.4 Å². The average molecular weight is 405 g/mol. The highest BCUT2D eigenvalue weighted by molar-refractivity contribution is 7.89. The number of benzene rings is 3. The van der Waals surface area contributed by atoms with Crippen molar-refractivity contribution < 1.29 is 8.42 Å². The third kappa shape index (κ3) is 3.57. The molecule has 1 heterocycles. The van der Waals surface area contributed by atoms with Gasteiger partial charge in [-0.15, -0.1) is 0 Å². The Morgan fingerprint density at radius 3 is 2.10 bits per heavy atom. The Morgan fingerprint density at radius 1 is 0.897 bits per heavy atom. The Bertz CT molecular complexity index is 1360. The molecule has 0 aliphatic rings. The van der Waals surface area contributed by atoms with Crippen molar-refractivity contribution in [3.63, 3.8) is 0 Å². The van der Waals surface area contributed by atoms with Crippen LogP contribution in [-0.4, -0.2) is 18.2 Å². The molecule has 0 radical (unpaired) electrons. The Labute approximate surface area is 168 Å². The van der Waals surface area contributed by atoms with E-state index in [4.69, 9.17) is 5.14 Å². The van der Waals surface area contributed by atoms with Gasteiger partial charge in [0.25, 0.3) is 5.56 Å². The maximum Gasteiger partial charge on any atom is 0.279 e. The number of aryl methyl sites for hydroxylation is 1. The van der Waals surface area contributed by atoms with Crippen LogP contribution in [0.1, 0.15) is 12.5 Å². The summed E-state index contributed by atoms with van der Waals surface area (Å²) in [5.74, 6) is 0. The summed E-state index contributed by atoms with van der Waals surface area (Å²) >= 11 is 0. The number of primary sulfonamides is 1. The molecule has 6 nitrogen and oxygen atoms in total. The fraction of sp³-hybridized carbons (Fsp3) is 0.0909. The van der Waals surface area contributed by atoms with Crippen LogP contribution in [0.15, 0.2) is 82.5 Å². The van der Waals surface area contributed by atoms with Crippen LogP contribution in [0.2, 0.25) is 0 Å². The lowest BCUT2D eigenvalue weighted by molar-refractivity contribution is 0.598. The van der Waals surface area contributed by atoms with Gasteiger partial charge in [0, 0.05) is 10.9 Å². The molecular formula is C22H19N3O3S. The van der Waals surface area contributed by atoms with Gasteiger partial charge in [0.1, 0.15) is 0 Å². The highest BCUT2D eigenvalue weighted by Crippen LogP contribution is 2.26.